The summed E-state index contributed by atoms with van der Waals surface area (Å²) in [6.45, 7) is 7.92. The molecule has 0 radical (unpaired) electrons. The van der Waals surface area contributed by atoms with Gasteiger partial charge in [0.2, 0.25) is 0 Å². The number of anilines is 3. The molecule has 146 valence electrons. The summed E-state index contributed by atoms with van der Waals surface area (Å²) >= 11 is 0. The summed E-state index contributed by atoms with van der Waals surface area (Å²) in [6.07, 6.45) is 1.12. The molecule has 0 heterocycles. The van der Waals surface area contributed by atoms with E-state index in [1.165, 1.54) is 5.56 Å². The number of nitrogens with zero attached hydrogens (tertiary/aromatic N) is 1. The maximum Gasteiger partial charge on any atom is 0.335 e. The fraction of sp³-hybridized carbons (Fsp3) is 0.0833. The van der Waals surface area contributed by atoms with Gasteiger partial charge in [0.25, 0.3) is 6.47 Å². The lowest BCUT2D eigenvalue weighted by Crippen LogP contribution is -2.11. The predicted octanol–water partition coefficient (Wildman–Crippen LogP) is 5.40. The number of esters is 1. The molecule has 0 amide bonds. The summed E-state index contributed by atoms with van der Waals surface area (Å²) in [5, 5.41) is 0. The number of hydrogen-bond donors (Lipinski definition) is 0. The van der Waals surface area contributed by atoms with Crippen molar-refractivity contribution in [2.24, 2.45) is 0 Å². The summed E-state index contributed by atoms with van der Waals surface area (Å²) in [4.78, 5) is 24.4. The lowest BCUT2D eigenvalue weighted by molar-refractivity contribution is -0.129. The molecule has 5 heteroatoms. The summed E-state index contributed by atoms with van der Waals surface area (Å²) in [6, 6.07) is 20.5. The second kappa shape index (κ2) is 8.89. The van der Waals surface area contributed by atoms with Crippen LogP contribution in [0.1, 0.15) is 11.1 Å². The monoisotopic (exact) mass is 387 g/mol. The molecule has 0 spiro atoms. The van der Waals surface area contributed by atoms with Crippen molar-refractivity contribution in [3.63, 3.8) is 0 Å². The SMILES string of the molecule is C=CC(=O)Oc1cccc(N(c2cccc(OC=O)c2)c2ccc(C)c(C)c2)c1. The third-order valence-electron chi connectivity index (χ3n) is 4.47. The van der Waals surface area contributed by atoms with Crippen LogP contribution in [0.2, 0.25) is 0 Å². The van der Waals surface area contributed by atoms with Crippen LogP contribution in [0, 0.1) is 13.8 Å². The Kier molecular flexibility index (Phi) is 6.09. The molecular formula is C24H21NO4. The molecule has 0 fully saturated rings. The average molecular weight is 387 g/mol. The van der Waals surface area contributed by atoms with E-state index in [1.807, 2.05) is 42.2 Å². The topological polar surface area (TPSA) is 55.8 Å². The van der Waals surface area contributed by atoms with E-state index in [0.717, 1.165) is 28.7 Å². The number of carbonyl (C=O) groups excluding carboxylic acids is 2. The van der Waals surface area contributed by atoms with E-state index in [2.05, 4.69) is 19.6 Å². The molecule has 0 aliphatic heterocycles. The molecule has 3 aromatic carbocycles. The second-order valence-corrected chi connectivity index (χ2v) is 6.44. The Morgan fingerprint density at radius 1 is 0.862 bits per heavy atom. The van der Waals surface area contributed by atoms with Gasteiger partial charge in [0.05, 0.1) is 0 Å². The van der Waals surface area contributed by atoms with Crippen molar-refractivity contribution in [3.8, 4) is 11.5 Å². The minimum Gasteiger partial charge on any atom is -0.429 e. The first-order valence-corrected chi connectivity index (χ1v) is 9.04. The van der Waals surface area contributed by atoms with Crippen LogP contribution in [0.4, 0.5) is 17.1 Å². The third kappa shape index (κ3) is 4.71. The smallest absolute Gasteiger partial charge is 0.335 e. The fourth-order valence-corrected chi connectivity index (χ4v) is 2.91. The van der Waals surface area contributed by atoms with E-state index in [0.29, 0.717) is 18.0 Å². The van der Waals surface area contributed by atoms with E-state index in [9.17, 15) is 9.59 Å². The lowest BCUT2D eigenvalue weighted by Gasteiger charge is -2.26. The van der Waals surface area contributed by atoms with Crippen molar-refractivity contribution in [2.75, 3.05) is 4.90 Å². The van der Waals surface area contributed by atoms with Crippen molar-refractivity contribution in [3.05, 3.63) is 90.5 Å². The zero-order valence-corrected chi connectivity index (χ0v) is 16.3. The van der Waals surface area contributed by atoms with Crippen LogP contribution >= 0.6 is 0 Å². The van der Waals surface area contributed by atoms with Crippen molar-refractivity contribution in [1.82, 2.24) is 0 Å². The molecule has 3 rings (SSSR count). The van der Waals surface area contributed by atoms with Gasteiger partial charge in [0.15, 0.2) is 0 Å². The van der Waals surface area contributed by atoms with Gasteiger partial charge < -0.3 is 14.4 Å². The zero-order chi connectivity index (χ0) is 20.8. The molecule has 0 atom stereocenters. The largest absolute Gasteiger partial charge is 0.429 e. The van der Waals surface area contributed by atoms with Crippen molar-refractivity contribution in [2.45, 2.75) is 13.8 Å². The standard InChI is InChI=1S/C24H21NO4/c1-4-24(27)29-23-10-6-8-20(15-23)25(21-12-11-17(2)18(3)13-21)19-7-5-9-22(14-19)28-16-26/h4-16H,1H2,2-3H3. The maximum absolute atomic E-state index is 11.6. The third-order valence-corrected chi connectivity index (χ3v) is 4.47. The van der Waals surface area contributed by atoms with Crippen LogP contribution in [-0.4, -0.2) is 12.4 Å². The summed E-state index contributed by atoms with van der Waals surface area (Å²) < 4.78 is 10.3. The Morgan fingerprint density at radius 2 is 1.48 bits per heavy atom. The highest BCUT2D eigenvalue weighted by Crippen LogP contribution is 2.38. The van der Waals surface area contributed by atoms with E-state index in [1.54, 1.807) is 30.3 Å². The van der Waals surface area contributed by atoms with E-state index in [-0.39, 0.29) is 0 Å². The zero-order valence-electron chi connectivity index (χ0n) is 16.3. The molecule has 3 aromatic rings. The molecule has 0 aliphatic rings. The number of ether oxygens (including phenoxy) is 2. The number of rotatable bonds is 7. The second-order valence-electron chi connectivity index (χ2n) is 6.44. The van der Waals surface area contributed by atoms with Gasteiger partial charge >= 0.3 is 5.97 Å². The van der Waals surface area contributed by atoms with Gasteiger partial charge in [-0.25, -0.2) is 4.79 Å². The van der Waals surface area contributed by atoms with Gasteiger partial charge in [0.1, 0.15) is 11.5 Å². The molecule has 0 saturated carbocycles. The van der Waals surface area contributed by atoms with Crippen molar-refractivity contribution < 1.29 is 19.1 Å². The molecule has 29 heavy (non-hydrogen) atoms. The Balaban J connectivity index is 2.13. The van der Waals surface area contributed by atoms with Crippen LogP contribution in [-0.2, 0) is 9.59 Å². The fourth-order valence-electron chi connectivity index (χ4n) is 2.91. The molecule has 0 aliphatic carbocycles. The van der Waals surface area contributed by atoms with Gasteiger partial charge in [-0.2, -0.15) is 0 Å². The number of carbonyl (C=O) groups is 2. The molecular weight excluding hydrogens is 366 g/mol. The number of hydrogen-bond acceptors (Lipinski definition) is 5. The van der Waals surface area contributed by atoms with Gasteiger partial charge in [0, 0.05) is 35.3 Å². The molecule has 0 unspecified atom stereocenters. The van der Waals surface area contributed by atoms with Crippen LogP contribution in [0.3, 0.4) is 0 Å². The number of aryl methyl sites for hydroxylation is 2. The first-order chi connectivity index (χ1) is 14.0. The number of benzene rings is 3. The highest BCUT2D eigenvalue weighted by molar-refractivity contribution is 5.84. The lowest BCUT2D eigenvalue weighted by atomic mass is 10.1. The average Bonchev–Trinajstić information content (AvgIpc) is 2.72. The van der Waals surface area contributed by atoms with Crippen LogP contribution < -0.4 is 14.4 Å². The minimum atomic E-state index is -0.527. The maximum atomic E-state index is 11.6. The Hall–Kier alpha value is -3.86. The molecule has 0 bridgehead atoms. The Labute approximate surface area is 169 Å². The van der Waals surface area contributed by atoms with E-state index < -0.39 is 5.97 Å². The van der Waals surface area contributed by atoms with E-state index in [4.69, 9.17) is 9.47 Å². The summed E-state index contributed by atoms with van der Waals surface area (Å²) in [7, 11) is 0. The highest BCUT2D eigenvalue weighted by Gasteiger charge is 2.15. The van der Waals surface area contributed by atoms with Gasteiger partial charge in [-0.1, -0.05) is 24.8 Å². The quantitative estimate of drug-likeness (QED) is 0.235. The summed E-state index contributed by atoms with van der Waals surface area (Å²) in [5.41, 5.74) is 4.82. The molecule has 0 saturated heterocycles. The van der Waals surface area contributed by atoms with Gasteiger partial charge in [-0.05, 0) is 61.4 Å². The normalized spacial score (nSPS) is 10.1. The Bertz CT molecular complexity index is 1060. The van der Waals surface area contributed by atoms with Crippen LogP contribution in [0.25, 0.3) is 0 Å². The molecule has 5 nitrogen and oxygen atoms in total. The first kappa shape index (κ1) is 19.9. The van der Waals surface area contributed by atoms with Gasteiger partial charge in [-0.15, -0.1) is 0 Å². The van der Waals surface area contributed by atoms with Gasteiger partial charge in [-0.3, -0.25) is 4.79 Å². The van der Waals surface area contributed by atoms with Crippen LogP contribution in [0.15, 0.2) is 79.4 Å². The Morgan fingerprint density at radius 3 is 2.10 bits per heavy atom. The first-order valence-electron chi connectivity index (χ1n) is 9.04. The van der Waals surface area contributed by atoms with Crippen molar-refractivity contribution >= 4 is 29.5 Å². The minimum absolute atomic E-state index is 0.398. The van der Waals surface area contributed by atoms with Crippen molar-refractivity contribution in [1.29, 1.82) is 0 Å². The summed E-state index contributed by atoms with van der Waals surface area (Å²) in [5.74, 6) is 0.309. The van der Waals surface area contributed by atoms with E-state index >= 15 is 0 Å². The highest BCUT2D eigenvalue weighted by atomic mass is 16.5. The molecule has 0 aromatic heterocycles. The molecule has 0 N–H and O–H groups in total. The predicted molar refractivity (Wildman–Crippen MR) is 113 cm³/mol. The van der Waals surface area contributed by atoms with Crippen LogP contribution in [0.5, 0.6) is 11.5 Å².